The van der Waals surface area contributed by atoms with Crippen molar-refractivity contribution in [3.63, 3.8) is 0 Å². The molecule has 0 aliphatic rings. The van der Waals surface area contributed by atoms with Gasteiger partial charge in [-0.25, -0.2) is 4.79 Å². The molecule has 4 N–H and O–H groups in total. The largest absolute Gasteiger partial charge is 0.481 e. The van der Waals surface area contributed by atoms with Gasteiger partial charge in [0.15, 0.2) is 0 Å². The molecule has 0 saturated carbocycles. The molecule has 1 aromatic rings. The van der Waals surface area contributed by atoms with Crippen LogP contribution >= 0.6 is 11.3 Å². The summed E-state index contributed by atoms with van der Waals surface area (Å²) in [4.78, 5) is 22.5. The summed E-state index contributed by atoms with van der Waals surface area (Å²) in [6, 6.07) is 3.07. The first-order chi connectivity index (χ1) is 8.99. The van der Waals surface area contributed by atoms with E-state index in [0.29, 0.717) is 6.42 Å². The van der Waals surface area contributed by atoms with E-state index in [-0.39, 0.29) is 19.0 Å². The standard InChI is InChI=1S/C12H18N2O4S/c1-8(7-9(15)10-3-2-6-19-10)14-12(18)13-5-4-11(16)17/h2-3,6,8-9,15H,4-5,7H2,1H3,(H,16,17)(H2,13,14,18). The third kappa shape index (κ3) is 6.21. The highest BCUT2D eigenvalue weighted by molar-refractivity contribution is 7.10. The van der Waals surface area contributed by atoms with Gasteiger partial charge in [0.05, 0.1) is 12.5 Å². The van der Waals surface area contributed by atoms with E-state index in [2.05, 4.69) is 10.6 Å². The number of nitrogens with one attached hydrogen (secondary N) is 2. The van der Waals surface area contributed by atoms with E-state index in [1.54, 1.807) is 6.92 Å². The molecule has 0 aliphatic carbocycles. The summed E-state index contributed by atoms with van der Waals surface area (Å²) < 4.78 is 0. The Kier molecular flexibility index (Phi) is 6.31. The summed E-state index contributed by atoms with van der Waals surface area (Å²) in [5.41, 5.74) is 0. The Morgan fingerprint density at radius 2 is 2.21 bits per heavy atom. The van der Waals surface area contributed by atoms with Crippen LogP contribution in [-0.2, 0) is 4.79 Å². The predicted molar refractivity (Wildman–Crippen MR) is 72.1 cm³/mol. The molecule has 1 rings (SSSR count). The molecule has 0 fully saturated rings. The van der Waals surface area contributed by atoms with E-state index in [4.69, 9.17) is 5.11 Å². The minimum absolute atomic E-state index is 0.0847. The predicted octanol–water partition coefficient (Wildman–Crippen LogP) is 1.33. The second-order valence-corrected chi connectivity index (χ2v) is 5.19. The van der Waals surface area contributed by atoms with Crippen LogP contribution in [0.3, 0.4) is 0 Å². The van der Waals surface area contributed by atoms with E-state index in [1.165, 1.54) is 11.3 Å². The number of carbonyl (C=O) groups excluding carboxylic acids is 1. The first-order valence-electron chi connectivity index (χ1n) is 5.96. The van der Waals surface area contributed by atoms with Crippen LogP contribution in [0.5, 0.6) is 0 Å². The fourth-order valence-corrected chi connectivity index (χ4v) is 2.27. The first-order valence-corrected chi connectivity index (χ1v) is 6.84. The number of amides is 2. The lowest BCUT2D eigenvalue weighted by atomic mass is 10.1. The van der Waals surface area contributed by atoms with Gasteiger partial charge in [-0.05, 0) is 24.8 Å². The molecule has 1 aromatic heterocycles. The smallest absolute Gasteiger partial charge is 0.315 e. The molecule has 1 heterocycles. The second kappa shape index (κ2) is 7.75. The minimum atomic E-state index is -0.957. The SMILES string of the molecule is CC(CC(O)c1cccs1)NC(=O)NCCC(=O)O. The van der Waals surface area contributed by atoms with Gasteiger partial charge in [-0.3, -0.25) is 4.79 Å². The van der Waals surface area contributed by atoms with Gasteiger partial charge in [-0.15, -0.1) is 11.3 Å². The number of aliphatic carboxylic acids is 1. The molecule has 0 aromatic carbocycles. The van der Waals surface area contributed by atoms with Crippen molar-refractivity contribution in [2.24, 2.45) is 0 Å². The third-order valence-corrected chi connectivity index (χ3v) is 3.42. The zero-order valence-electron chi connectivity index (χ0n) is 10.6. The molecule has 2 atom stereocenters. The normalized spacial score (nSPS) is 13.6. The molecule has 0 radical (unpaired) electrons. The molecule has 0 bridgehead atoms. The summed E-state index contributed by atoms with van der Waals surface area (Å²) in [5, 5.41) is 25.3. The van der Waals surface area contributed by atoms with Crippen molar-refractivity contribution in [2.45, 2.75) is 31.9 Å². The highest BCUT2D eigenvalue weighted by Gasteiger charge is 2.14. The molecule has 106 valence electrons. The number of urea groups is 1. The zero-order chi connectivity index (χ0) is 14.3. The monoisotopic (exact) mass is 286 g/mol. The summed E-state index contributed by atoms with van der Waals surface area (Å²) in [7, 11) is 0. The lowest BCUT2D eigenvalue weighted by Crippen LogP contribution is -2.42. The van der Waals surface area contributed by atoms with Crippen molar-refractivity contribution in [1.29, 1.82) is 0 Å². The Balaban J connectivity index is 2.24. The Bertz CT molecular complexity index is 408. The van der Waals surface area contributed by atoms with Gasteiger partial charge in [0.25, 0.3) is 0 Å². The summed E-state index contributed by atoms with van der Waals surface area (Å²) in [6.07, 6.45) is -0.304. The lowest BCUT2D eigenvalue weighted by molar-refractivity contribution is -0.136. The van der Waals surface area contributed by atoms with Crippen molar-refractivity contribution in [3.05, 3.63) is 22.4 Å². The maximum Gasteiger partial charge on any atom is 0.315 e. The fourth-order valence-electron chi connectivity index (χ4n) is 1.55. The number of aliphatic hydroxyl groups is 1. The zero-order valence-corrected chi connectivity index (χ0v) is 11.4. The van der Waals surface area contributed by atoms with E-state index in [1.807, 2.05) is 17.5 Å². The highest BCUT2D eigenvalue weighted by atomic mass is 32.1. The van der Waals surface area contributed by atoms with Crippen LogP contribution in [0.25, 0.3) is 0 Å². The van der Waals surface area contributed by atoms with Gasteiger partial charge < -0.3 is 20.8 Å². The summed E-state index contributed by atoms with van der Waals surface area (Å²) in [5.74, 6) is -0.957. The maximum absolute atomic E-state index is 11.4. The topological polar surface area (TPSA) is 98.7 Å². The van der Waals surface area contributed by atoms with Gasteiger partial charge in [0, 0.05) is 17.5 Å². The van der Waals surface area contributed by atoms with Crippen molar-refractivity contribution < 1.29 is 19.8 Å². The lowest BCUT2D eigenvalue weighted by Gasteiger charge is -2.17. The molecule has 7 heteroatoms. The molecule has 0 aliphatic heterocycles. The van der Waals surface area contributed by atoms with Crippen LogP contribution < -0.4 is 10.6 Å². The van der Waals surface area contributed by atoms with Crippen molar-refractivity contribution in [1.82, 2.24) is 10.6 Å². The number of hydrogen-bond donors (Lipinski definition) is 4. The van der Waals surface area contributed by atoms with Crippen LogP contribution in [-0.4, -0.2) is 34.8 Å². The number of aliphatic hydroxyl groups excluding tert-OH is 1. The maximum atomic E-state index is 11.4. The summed E-state index contributed by atoms with van der Waals surface area (Å²) >= 11 is 1.47. The summed E-state index contributed by atoms with van der Waals surface area (Å²) in [6.45, 7) is 1.87. The molecule has 19 heavy (non-hydrogen) atoms. The van der Waals surface area contributed by atoms with Crippen molar-refractivity contribution >= 4 is 23.3 Å². The first kappa shape index (κ1) is 15.5. The Hall–Kier alpha value is -1.60. The van der Waals surface area contributed by atoms with Crippen molar-refractivity contribution in [3.8, 4) is 0 Å². The number of carboxylic acid groups (broad SMARTS) is 1. The number of carbonyl (C=O) groups is 2. The number of rotatable bonds is 7. The number of carboxylic acids is 1. The quantitative estimate of drug-likeness (QED) is 0.608. The van der Waals surface area contributed by atoms with Crippen LogP contribution in [0.4, 0.5) is 4.79 Å². The van der Waals surface area contributed by atoms with Crippen LogP contribution in [0.1, 0.15) is 30.7 Å². The van der Waals surface area contributed by atoms with Crippen molar-refractivity contribution in [2.75, 3.05) is 6.54 Å². The molecule has 2 unspecified atom stereocenters. The average Bonchev–Trinajstić information content (AvgIpc) is 2.81. The van der Waals surface area contributed by atoms with Gasteiger partial charge in [0.1, 0.15) is 0 Å². The van der Waals surface area contributed by atoms with E-state index >= 15 is 0 Å². The van der Waals surface area contributed by atoms with Crippen LogP contribution in [0.2, 0.25) is 0 Å². The van der Waals surface area contributed by atoms with Gasteiger partial charge in [-0.1, -0.05) is 6.07 Å². The fraction of sp³-hybridized carbons (Fsp3) is 0.500. The van der Waals surface area contributed by atoms with Crippen LogP contribution in [0.15, 0.2) is 17.5 Å². The highest BCUT2D eigenvalue weighted by Crippen LogP contribution is 2.22. The molecule has 6 nitrogen and oxygen atoms in total. The average molecular weight is 286 g/mol. The van der Waals surface area contributed by atoms with Crippen LogP contribution in [0, 0.1) is 0 Å². The number of thiophene rings is 1. The molecule has 0 spiro atoms. The van der Waals surface area contributed by atoms with Gasteiger partial charge in [-0.2, -0.15) is 0 Å². The Morgan fingerprint density at radius 3 is 2.79 bits per heavy atom. The Morgan fingerprint density at radius 1 is 1.47 bits per heavy atom. The second-order valence-electron chi connectivity index (χ2n) is 4.21. The molecule has 0 saturated heterocycles. The molecular formula is C12H18N2O4S. The number of hydrogen-bond acceptors (Lipinski definition) is 4. The Labute approximate surface area is 115 Å². The molecule has 2 amide bonds. The van der Waals surface area contributed by atoms with E-state index < -0.39 is 18.1 Å². The minimum Gasteiger partial charge on any atom is -0.481 e. The van der Waals surface area contributed by atoms with Gasteiger partial charge in [0.2, 0.25) is 0 Å². The van der Waals surface area contributed by atoms with E-state index in [0.717, 1.165) is 4.88 Å². The van der Waals surface area contributed by atoms with E-state index in [9.17, 15) is 14.7 Å². The van der Waals surface area contributed by atoms with Gasteiger partial charge >= 0.3 is 12.0 Å². The third-order valence-electron chi connectivity index (χ3n) is 2.45. The molecular weight excluding hydrogens is 268 g/mol.